The molecular weight excluding hydrogens is 332 g/mol. The molecule has 2 aromatic rings. The number of hydrogen-bond donors (Lipinski definition) is 0. The fraction of sp³-hybridized carbons (Fsp3) is 0.238. The molecule has 0 atom stereocenters. The molecule has 0 aliphatic carbocycles. The van der Waals surface area contributed by atoms with E-state index in [1.807, 2.05) is 33.8 Å². The second-order valence-electron chi connectivity index (χ2n) is 6.77. The van der Waals surface area contributed by atoms with Crippen LogP contribution in [-0.2, 0) is 0 Å². The standard InChI is InChI=1S/C21H20O5/c1-12-13(2)21(3,4)26-18-11-16(9-10-17(12)18)25-20(24)15-7-5-14(6-8-15)19(22)23/h5-11H,1-4H3,(H,22,23)/p-1. The first kappa shape index (κ1) is 17.7. The molecule has 2 aromatic carbocycles. The van der Waals surface area contributed by atoms with E-state index in [1.165, 1.54) is 24.3 Å². The van der Waals surface area contributed by atoms with Crippen LogP contribution in [0.1, 0.15) is 54.0 Å². The lowest BCUT2D eigenvalue weighted by atomic mass is 9.88. The summed E-state index contributed by atoms with van der Waals surface area (Å²) in [6.45, 7) is 8.07. The zero-order chi connectivity index (χ0) is 19.1. The summed E-state index contributed by atoms with van der Waals surface area (Å²) in [6, 6.07) is 10.7. The molecule has 0 N–H and O–H groups in total. The van der Waals surface area contributed by atoms with Crippen LogP contribution in [0.3, 0.4) is 0 Å². The predicted octanol–water partition coefficient (Wildman–Crippen LogP) is 3.23. The van der Waals surface area contributed by atoms with E-state index in [1.54, 1.807) is 12.1 Å². The fourth-order valence-electron chi connectivity index (χ4n) is 2.87. The Morgan fingerprint density at radius 3 is 2.23 bits per heavy atom. The Balaban J connectivity index is 1.84. The Bertz CT molecular complexity index is 920. The fourth-order valence-corrected chi connectivity index (χ4v) is 2.87. The predicted molar refractivity (Wildman–Crippen MR) is 95.1 cm³/mol. The van der Waals surface area contributed by atoms with Crippen LogP contribution in [0.15, 0.2) is 48.0 Å². The molecule has 0 saturated carbocycles. The minimum atomic E-state index is -1.29. The van der Waals surface area contributed by atoms with Gasteiger partial charge in [0.25, 0.3) is 0 Å². The maximum Gasteiger partial charge on any atom is 0.343 e. The van der Waals surface area contributed by atoms with Gasteiger partial charge in [-0.3, -0.25) is 0 Å². The van der Waals surface area contributed by atoms with Gasteiger partial charge in [-0.25, -0.2) is 4.79 Å². The number of rotatable bonds is 3. The van der Waals surface area contributed by atoms with Gasteiger partial charge in [-0.15, -0.1) is 0 Å². The molecule has 0 radical (unpaired) electrons. The number of hydrogen-bond acceptors (Lipinski definition) is 5. The molecule has 3 rings (SSSR count). The van der Waals surface area contributed by atoms with E-state index >= 15 is 0 Å². The van der Waals surface area contributed by atoms with E-state index in [2.05, 4.69) is 0 Å². The maximum atomic E-state index is 12.3. The van der Waals surface area contributed by atoms with Gasteiger partial charge in [0, 0.05) is 11.6 Å². The van der Waals surface area contributed by atoms with Gasteiger partial charge in [-0.05, 0) is 68.7 Å². The molecule has 0 unspecified atom stereocenters. The third kappa shape index (κ3) is 3.20. The highest BCUT2D eigenvalue weighted by Crippen LogP contribution is 2.41. The van der Waals surface area contributed by atoms with Crippen molar-refractivity contribution in [3.8, 4) is 11.5 Å². The van der Waals surface area contributed by atoms with Gasteiger partial charge in [0.15, 0.2) is 0 Å². The highest BCUT2D eigenvalue weighted by Gasteiger charge is 2.30. The van der Waals surface area contributed by atoms with Crippen molar-refractivity contribution in [3.63, 3.8) is 0 Å². The third-order valence-corrected chi connectivity index (χ3v) is 4.75. The summed E-state index contributed by atoms with van der Waals surface area (Å²) in [4.78, 5) is 23.0. The van der Waals surface area contributed by atoms with Crippen molar-refractivity contribution in [2.75, 3.05) is 0 Å². The Kier molecular flexibility index (Phi) is 4.32. The van der Waals surface area contributed by atoms with Crippen LogP contribution in [0, 0.1) is 0 Å². The molecule has 1 aliphatic rings. The molecule has 0 saturated heterocycles. The van der Waals surface area contributed by atoms with Gasteiger partial charge < -0.3 is 19.4 Å². The van der Waals surface area contributed by atoms with E-state index in [0.29, 0.717) is 11.5 Å². The molecule has 0 spiro atoms. The summed E-state index contributed by atoms with van der Waals surface area (Å²) in [5.41, 5.74) is 3.10. The SMILES string of the molecule is CC1=C(C)C(C)(C)Oc2cc(OC(=O)c3ccc(C(=O)[O-])cc3)ccc21. The first-order valence-electron chi connectivity index (χ1n) is 8.24. The maximum absolute atomic E-state index is 12.3. The normalized spacial score (nSPS) is 15.1. The molecule has 134 valence electrons. The smallest absolute Gasteiger partial charge is 0.343 e. The topological polar surface area (TPSA) is 75.7 Å². The minimum Gasteiger partial charge on any atom is -0.545 e. The molecule has 1 heterocycles. The first-order chi connectivity index (χ1) is 12.2. The number of esters is 1. The Morgan fingerprint density at radius 1 is 1.00 bits per heavy atom. The Hall–Kier alpha value is -3.08. The van der Waals surface area contributed by atoms with Gasteiger partial charge in [-0.1, -0.05) is 12.1 Å². The molecule has 26 heavy (non-hydrogen) atoms. The Morgan fingerprint density at radius 2 is 1.62 bits per heavy atom. The third-order valence-electron chi connectivity index (χ3n) is 4.75. The minimum absolute atomic E-state index is 0.00333. The van der Waals surface area contributed by atoms with E-state index in [0.717, 1.165) is 16.7 Å². The first-order valence-corrected chi connectivity index (χ1v) is 8.24. The van der Waals surface area contributed by atoms with Crippen LogP contribution in [0.2, 0.25) is 0 Å². The number of allylic oxidation sites excluding steroid dienone is 1. The van der Waals surface area contributed by atoms with E-state index in [4.69, 9.17) is 9.47 Å². The number of carboxylic acid groups (broad SMARTS) is 1. The average Bonchev–Trinajstić information content (AvgIpc) is 2.59. The van der Waals surface area contributed by atoms with Crippen molar-refractivity contribution in [1.29, 1.82) is 0 Å². The van der Waals surface area contributed by atoms with Gasteiger partial charge in [0.1, 0.15) is 17.1 Å². The summed E-state index contributed by atoms with van der Waals surface area (Å²) >= 11 is 0. The second-order valence-corrected chi connectivity index (χ2v) is 6.77. The quantitative estimate of drug-likeness (QED) is 0.627. The molecule has 5 heteroatoms. The lowest BCUT2D eigenvalue weighted by Crippen LogP contribution is -2.33. The van der Waals surface area contributed by atoms with Crippen LogP contribution < -0.4 is 14.6 Å². The van der Waals surface area contributed by atoms with Crippen LogP contribution in [0.4, 0.5) is 0 Å². The van der Waals surface area contributed by atoms with Gasteiger partial charge in [0.2, 0.25) is 0 Å². The zero-order valence-electron chi connectivity index (χ0n) is 15.1. The number of aromatic carboxylic acids is 1. The molecule has 0 bridgehead atoms. The lowest BCUT2D eigenvalue weighted by Gasteiger charge is -2.35. The van der Waals surface area contributed by atoms with Crippen molar-refractivity contribution in [2.45, 2.75) is 33.3 Å². The number of fused-ring (bicyclic) bond motifs is 1. The molecule has 0 aromatic heterocycles. The van der Waals surface area contributed by atoms with Crippen LogP contribution >= 0.6 is 0 Å². The highest BCUT2D eigenvalue weighted by molar-refractivity contribution is 5.93. The summed E-state index contributed by atoms with van der Waals surface area (Å²) in [7, 11) is 0. The Labute approximate surface area is 151 Å². The molecule has 5 nitrogen and oxygen atoms in total. The van der Waals surface area contributed by atoms with Gasteiger partial charge >= 0.3 is 5.97 Å². The zero-order valence-corrected chi connectivity index (χ0v) is 15.1. The van der Waals surface area contributed by atoms with Crippen LogP contribution in [0.25, 0.3) is 5.57 Å². The van der Waals surface area contributed by atoms with Gasteiger partial charge in [-0.2, -0.15) is 0 Å². The molecule has 1 aliphatic heterocycles. The number of benzene rings is 2. The summed E-state index contributed by atoms with van der Waals surface area (Å²) in [5.74, 6) is -0.844. The summed E-state index contributed by atoms with van der Waals surface area (Å²) < 4.78 is 11.4. The van der Waals surface area contributed by atoms with Crippen molar-refractivity contribution in [3.05, 3.63) is 64.7 Å². The van der Waals surface area contributed by atoms with Crippen molar-refractivity contribution >= 4 is 17.5 Å². The molecule has 0 fully saturated rings. The second kappa shape index (κ2) is 6.33. The van der Waals surface area contributed by atoms with Crippen LogP contribution in [0.5, 0.6) is 11.5 Å². The monoisotopic (exact) mass is 351 g/mol. The van der Waals surface area contributed by atoms with E-state index in [9.17, 15) is 14.7 Å². The van der Waals surface area contributed by atoms with Crippen molar-refractivity contribution < 1.29 is 24.2 Å². The average molecular weight is 351 g/mol. The lowest BCUT2D eigenvalue weighted by molar-refractivity contribution is -0.255. The van der Waals surface area contributed by atoms with E-state index < -0.39 is 17.5 Å². The van der Waals surface area contributed by atoms with Crippen molar-refractivity contribution in [1.82, 2.24) is 0 Å². The number of ether oxygens (including phenoxy) is 2. The van der Waals surface area contributed by atoms with Crippen molar-refractivity contribution in [2.24, 2.45) is 0 Å². The number of carbonyl (C=O) groups excluding carboxylic acids is 2. The van der Waals surface area contributed by atoms with Gasteiger partial charge in [0.05, 0.1) is 11.5 Å². The number of carbonyl (C=O) groups is 2. The molecule has 0 amide bonds. The van der Waals surface area contributed by atoms with Crippen LogP contribution in [-0.4, -0.2) is 17.5 Å². The summed E-state index contributed by atoms with van der Waals surface area (Å²) in [6.07, 6.45) is 0. The number of carboxylic acids is 1. The molecular formula is C21H19O5-. The largest absolute Gasteiger partial charge is 0.545 e. The summed E-state index contributed by atoms with van der Waals surface area (Å²) in [5, 5.41) is 10.8. The van der Waals surface area contributed by atoms with E-state index in [-0.39, 0.29) is 11.1 Å². The highest BCUT2D eigenvalue weighted by atomic mass is 16.5.